The first-order chi connectivity index (χ1) is 8.83. The summed E-state index contributed by atoms with van der Waals surface area (Å²) >= 11 is 0. The van der Waals surface area contributed by atoms with Gasteiger partial charge in [-0.05, 0) is 26.8 Å². The number of benzene rings is 1. The number of aryl methyl sites for hydroxylation is 1. The van der Waals surface area contributed by atoms with Crippen molar-refractivity contribution in [2.75, 3.05) is 11.9 Å². The Hall–Kier alpha value is -1.97. The number of hydrogen-bond acceptors (Lipinski definition) is 2. The first-order valence-corrected chi connectivity index (χ1v) is 6.36. The third-order valence-electron chi connectivity index (χ3n) is 3.69. The molecule has 4 nitrogen and oxygen atoms in total. The normalized spacial score (nSPS) is 11.8. The summed E-state index contributed by atoms with van der Waals surface area (Å²) in [7, 11) is 1.95. The summed E-state index contributed by atoms with van der Waals surface area (Å²) in [6.45, 7) is 5.91. The number of rotatable bonds is 4. The molecule has 19 heavy (non-hydrogen) atoms. The predicted molar refractivity (Wildman–Crippen MR) is 77.8 cm³/mol. The zero-order valence-electron chi connectivity index (χ0n) is 11.8. The second kappa shape index (κ2) is 4.61. The van der Waals surface area contributed by atoms with Crippen LogP contribution >= 0.6 is 0 Å². The molecule has 0 saturated heterocycles. The second-order valence-electron chi connectivity index (χ2n) is 5.59. The van der Waals surface area contributed by atoms with Crippen LogP contribution in [0.3, 0.4) is 0 Å². The van der Waals surface area contributed by atoms with Gasteiger partial charge in [-0.15, -0.1) is 0 Å². The Bertz CT molecular complexity index is 614. The first-order valence-electron chi connectivity index (χ1n) is 6.36. The van der Waals surface area contributed by atoms with Gasteiger partial charge in [0.1, 0.15) is 0 Å². The number of carboxylic acids is 1. The lowest BCUT2D eigenvalue weighted by molar-refractivity contribution is -0.138. The Morgan fingerprint density at radius 2 is 2.00 bits per heavy atom. The molecule has 102 valence electrons. The quantitative estimate of drug-likeness (QED) is 0.887. The zero-order valence-corrected chi connectivity index (χ0v) is 11.8. The van der Waals surface area contributed by atoms with E-state index in [4.69, 9.17) is 5.11 Å². The van der Waals surface area contributed by atoms with E-state index in [9.17, 15) is 4.79 Å². The summed E-state index contributed by atoms with van der Waals surface area (Å²) in [6, 6.07) is 8.08. The summed E-state index contributed by atoms with van der Waals surface area (Å²) in [5.74, 6) is -0.783. The molecule has 0 bridgehead atoms. The van der Waals surface area contributed by atoms with E-state index in [-0.39, 0.29) is 6.42 Å². The Labute approximate surface area is 113 Å². The minimum atomic E-state index is -0.783. The standard InChI is InChI=1S/C15H20N2O2/c1-10-14(11-7-5-6-8-12(11)16-10)17(4)15(2,3)9-13(18)19/h5-8,16H,9H2,1-4H3,(H,18,19). The fraction of sp³-hybridized carbons (Fsp3) is 0.400. The summed E-state index contributed by atoms with van der Waals surface area (Å²) < 4.78 is 0. The highest BCUT2D eigenvalue weighted by Crippen LogP contribution is 2.34. The molecule has 0 fully saturated rings. The maximum absolute atomic E-state index is 11.0. The van der Waals surface area contributed by atoms with Gasteiger partial charge in [-0.25, -0.2) is 0 Å². The van der Waals surface area contributed by atoms with Crippen molar-refractivity contribution >= 4 is 22.6 Å². The Kier molecular flexibility index (Phi) is 3.27. The van der Waals surface area contributed by atoms with Crippen LogP contribution in [0, 0.1) is 6.92 Å². The van der Waals surface area contributed by atoms with E-state index in [0.717, 1.165) is 22.3 Å². The lowest BCUT2D eigenvalue weighted by atomic mass is 9.97. The average molecular weight is 260 g/mol. The van der Waals surface area contributed by atoms with Gasteiger partial charge < -0.3 is 15.0 Å². The minimum absolute atomic E-state index is 0.0996. The number of nitrogens with zero attached hydrogens (tertiary/aromatic N) is 1. The molecule has 0 unspecified atom stereocenters. The highest BCUT2D eigenvalue weighted by atomic mass is 16.4. The van der Waals surface area contributed by atoms with Gasteiger partial charge in [0, 0.05) is 29.2 Å². The number of nitrogens with one attached hydrogen (secondary N) is 1. The van der Waals surface area contributed by atoms with Crippen LogP contribution in [0.15, 0.2) is 24.3 Å². The number of hydrogen-bond donors (Lipinski definition) is 2. The van der Waals surface area contributed by atoms with Crippen molar-refractivity contribution in [1.82, 2.24) is 4.98 Å². The third kappa shape index (κ3) is 2.43. The van der Waals surface area contributed by atoms with Gasteiger partial charge in [0.2, 0.25) is 0 Å². The Morgan fingerprint density at radius 1 is 1.37 bits per heavy atom. The SMILES string of the molecule is Cc1[nH]c2ccccc2c1N(C)C(C)(C)CC(=O)O. The molecule has 0 aliphatic carbocycles. The van der Waals surface area contributed by atoms with Crippen molar-refractivity contribution in [2.24, 2.45) is 0 Å². The molecule has 0 saturated carbocycles. The van der Waals surface area contributed by atoms with Crippen LogP contribution in [-0.2, 0) is 4.79 Å². The highest BCUT2D eigenvalue weighted by molar-refractivity contribution is 5.95. The zero-order chi connectivity index (χ0) is 14.2. The van der Waals surface area contributed by atoms with Gasteiger partial charge in [0.05, 0.1) is 12.1 Å². The molecule has 1 aromatic carbocycles. The van der Waals surface area contributed by atoms with E-state index in [1.807, 2.05) is 46.0 Å². The lowest BCUT2D eigenvalue weighted by Crippen LogP contribution is -2.43. The summed E-state index contributed by atoms with van der Waals surface area (Å²) in [5.41, 5.74) is 2.76. The average Bonchev–Trinajstić information content (AvgIpc) is 2.62. The molecule has 0 spiro atoms. The van der Waals surface area contributed by atoms with Gasteiger partial charge in [-0.1, -0.05) is 18.2 Å². The molecule has 2 N–H and O–H groups in total. The third-order valence-corrected chi connectivity index (χ3v) is 3.69. The Balaban J connectivity index is 2.49. The van der Waals surface area contributed by atoms with Gasteiger partial charge >= 0.3 is 5.97 Å². The number of aliphatic carboxylic acids is 1. The van der Waals surface area contributed by atoms with Crippen LogP contribution in [0.25, 0.3) is 10.9 Å². The number of carbonyl (C=O) groups is 1. The largest absolute Gasteiger partial charge is 0.481 e. The fourth-order valence-corrected chi connectivity index (χ4v) is 2.49. The van der Waals surface area contributed by atoms with Crippen molar-refractivity contribution in [3.05, 3.63) is 30.0 Å². The van der Waals surface area contributed by atoms with Crippen LogP contribution in [0.5, 0.6) is 0 Å². The van der Waals surface area contributed by atoms with Gasteiger partial charge in [-0.3, -0.25) is 4.79 Å². The molecule has 0 amide bonds. The number of anilines is 1. The Morgan fingerprint density at radius 3 is 2.63 bits per heavy atom. The van der Waals surface area contributed by atoms with E-state index >= 15 is 0 Å². The maximum Gasteiger partial charge on any atom is 0.305 e. The molecule has 2 rings (SSSR count). The lowest BCUT2D eigenvalue weighted by Gasteiger charge is -2.36. The maximum atomic E-state index is 11.0. The van der Waals surface area contributed by atoms with Crippen LogP contribution in [0.4, 0.5) is 5.69 Å². The number of carboxylic acid groups (broad SMARTS) is 1. The van der Waals surface area contributed by atoms with Gasteiger partial charge in [0.15, 0.2) is 0 Å². The van der Waals surface area contributed by atoms with Crippen molar-refractivity contribution in [3.8, 4) is 0 Å². The van der Waals surface area contributed by atoms with Crippen molar-refractivity contribution in [1.29, 1.82) is 0 Å². The second-order valence-corrected chi connectivity index (χ2v) is 5.59. The predicted octanol–water partition coefficient (Wildman–Crippen LogP) is 3.17. The number of aromatic nitrogens is 1. The summed E-state index contributed by atoms with van der Waals surface area (Å²) in [5, 5.41) is 10.2. The fourth-order valence-electron chi connectivity index (χ4n) is 2.49. The molecular weight excluding hydrogens is 240 g/mol. The topological polar surface area (TPSA) is 56.3 Å². The van der Waals surface area contributed by atoms with Gasteiger partial charge in [0.25, 0.3) is 0 Å². The number of aromatic amines is 1. The molecule has 0 aliphatic rings. The highest BCUT2D eigenvalue weighted by Gasteiger charge is 2.29. The van der Waals surface area contributed by atoms with E-state index in [2.05, 4.69) is 16.0 Å². The minimum Gasteiger partial charge on any atom is -0.481 e. The van der Waals surface area contributed by atoms with E-state index in [1.54, 1.807) is 0 Å². The van der Waals surface area contributed by atoms with Crippen LogP contribution in [0.1, 0.15) is 26.0 Å². The van der Waals surface area contributed by atoms with E-state index < -0.39 is 11.5 Å². The summed E-state index contributed by atoms with van der Waals surface area (Å²) in [6.07, 6.45) is 0.0996. The van der Waals surface area contributed by atoms with Crippen molar-refractivity contribution < 1.29 is 9.90 Å². The number of fused-ring (bicyclic) bond motifs is 1. The van der Waals surface area contributed by atoms with E-state index in [0.29, 0.717) is 0 Å². The molecular formula is C15H20N2O2. The van der Waals surface area contributed by atoms with Gasteiger partial charge in [-0.2, -0.15) is 0 Å². The van der Waals surface area contributed by atoms with Crippen LogP contribution in [0.2, 0.25) is 0 Å². The van der Waals surface area contributed by atoms with Crippen molar-refractivity contribution in [2.45, 2.75) is 32.7 Å². The van der Waals surface area contributed by atoms with Crippen molar-refractivity contribution in [3.63, 3.8) is 0 Å². The molecule has 0 aliphatic heterocycles. The number of H-pyrrole nitrogens is 1. The van der Waals surface area contributed by atoms with Crippen LogP contribution < -0.4 is 4.90 Å². The van der Waals surface area contributed by atoms with E-state index in [1.165, 1.54) is 0 Å². The monoisotopic (exact) mass is 260 g/mol. The summed E-state index contributed by atoms with van der Waals surface area (Å²) in [4.78, 5) is 16.4. The molecule has 4 heteroatoms. The first kappa shape index (κ1) is 13.5. The molecule has 2 aromatic rings. The molecule has 0 radical (unpaired) electrons. The molecule has 1 aromatic heterocycles. The molecule has 0 atom stereocenters. The van der Waals surface area contributed by atoms with Crippen LogP contribution in [-0.4, -0.2) is 28.6 Å². The smallest absolute Gasteiger partial charge is 0.305 e. The molecule has 1 heterocycles. The number of para-hydroxylation sites is 1.